The van der Waals surface area contributed by atoms with Crippen LogP contribution in [0.5, 0.6) is 0 Å². The lowest BCUT2D eigenvalue weighted by atomic mass is 10.1. The third kappa shape index (κ3) is 4.05. The fourth-order valence-electron chi connectivity index (χ4n) is 2.89. The van der Waals surface area contributed by atoms with Gasteiger partial charge in [-0.3, -0.25) is 9.69 Å². The van der Waals surface area contributed by atoms with Crippen LogP contribution in [0.25, 0.3) is 0 Å². The Bertz CT molecular complexity index is 435. The van der Waals surface area contributed by atoms with E-state index < -0.39 is 0 Å². The molecule has 0 N–H and O–H groups in total. The van der Waals surface area contributed by atoms with E-state index in [0.717, 1.165) is 39.0 Å². The Hall–Kier alpha value is -0.910. The summed E-state index contributed by atoms with van der Waals surface area (Å²) in [5.74, 6) is 0.255. The molecule has 2 rings (SSSR count). The molecule has 0 spiro atoms. The molecular formula is C16H26N2O2S. The van der Waals surface area contributed by atoms with E-state index in [9.17, 15) is 4.79 Å². The third-order valence-electron chi connectivity index (χ3n) is 4.29. The van der Waals surface area contributed by atoms with Crippen molar-refractivity contribution in [1.29, 1.82) is 0 Å². The van der Waals surface area contributed by atoms with Crippen molar-refractivity contribution in [3.63, 3.8) is 0 Å². The zero-order valence-corrected chi connectivity index (χ0v) is 14.1. The molecule has 1 saturated heterocycles. The van der Waals surface area contributed by atoms with Gasteiger partial charge in [0.1, 0.15) is 0 Å². The van der Waals surface area contributed by atoms with Gasteiger partial charge in [-0.25, -0.2) is 0 Å². The van der Waals surface area contributed by atoms with Crippen LogP contribution in [0.15, 0.2) is 17.5 Å². The van der Waals surface area contributed by atoms with Crippen LogP contribution in [0, 0.1) is 0 Å². The van der Waals surface area contributed by atoms with Crippen molar-refractivity contribution < 1.29 is 9.53 Å². The van der Waals surface area contributed by atoms with Crippen LogP contribution in [-0.4, -0.2) is 55.6 Å². The number of likely N-dealkylation sites (tertiary alicyclic amines) is 1. The van der Waals surface area contributed by atoms with E-state index in [1.807, 2.05) is 14.0 Å². The largest absolute Gasteiger partial charge is 0.385 e. The van der Waals surface area contributed by atoms with Gasteiger partial charge in [0, 0.05) is 31.7 Å². The Balaban J connectivity index is 1.94. The highest BCUT2D eigenvalue weighted by Gasteiger charge is 2.33. The molecule has 1 fully saturated rings. The van der Waals surface area contributed by atoms with E-state index in [1.165, 1.54) is 4.88 Å². The summed E-state index contributed by atoms with van der Waals surface area (Å²) in [6.07, 6.45) is 3.15. The van der Waals surface area contributed by atoms with Crippen LogP contribution in [0.2, 0.25) is 0 Å². The van der Waals surface area contributed by atoms with Crippen molar-refractivity contribution in [2.75, 3.05) is 33.9 Å². The monoisotopic (exact) mass is 310 g/mol. The number of carbonyl (C=O) groups is 1. The first-order valence-corrected chi connectivity index (χ1v) is 8.56. The van der Waals surface area contributed by atoms with E-state index in [-0.39, 0.29) is 18.0 Å². The molecule has 0 saturated carbocycles. The zero-order chi connectivity index (χ0) is 15.2. The molecule has 1 amide bonds. The molecule has 0 bridgehead atoms. The Kier molecular flexibility index (Phi) is 6.21. The number of carbonyl (C=O) groups excluding carboxylic acids is 1. The molecule has 0 aromatic carbocycles. The van der Waals surface area contributed by atoms with Gasteiger partial charge in [0.15, 0.2) is 0 Å². The smallest absolute Gasteiger partial charge is 0.240 e. The van der Waals surface area contributed by atoms with Gasteiger partial charge in [-0.2, -0.15) is 0 Å². The number of thiophene rings is 1. The summed E-state index contributed by atoms with van der Waals surface area (Å²) in [6, 6.07) is 4.43. The lowest BCUT2D eigenvalue weighted by Crippen LogP contribution is -2.45. The molecule has 4 nitrogen and oxygen atoms in total. The van der Waals surface area contributed by atoms with Crippen LogP contribution in [0.3, 0.4) is 0 Å². The minimum atomic E-state index is -0.0672. The van der Waals surface area contributed by atoms with Crippen LogP contribution in [-0.2, 0) is 9.53 Å². The van der Waals surface area contributed by atoms with Crippen LogP contribution in [0.1, 0.15) is 37.1 Å². The van der Waals surface area contributed by atoms with Gasteiger partial charge < -0.3 is 9.64 Å². The quantitative estimate of drug-likeness (QED) is 0.726. The van der Waals surface area contributed by atoms with E-state index in [2.05, 4.69) is 27.3 Å². The summed E-state index contributed by atoms with van der Waals surface area (Å²) in [5, 5.41) is 2.09. The predicted molar refractivity (Wildman–Crippen MR) is 86.6 cm³/mol. The van der Waals surface area contributed by atoms with Crippen LogP contribution >= 0.6 is 11.3 Å². The first-order chi connectivity index (χ1) is 10.1. The van der Waals surface area contributed by atoms with Crippen molar-refractivity contribution in [1.82, 2.24) is 9.80 Å². The minimum absolute atomic E-state index is 0.0672. The maximum absolute atomic E-state index is 12.8. The number of hydrogen-bond acceptors (Lipinski definition) is 4. The molecule has 1 aromatic heterocycles. The van der Waals surface area contributed by atoms with Gasteiger partial charge in [0.05, 0.1) is 12.1 Å². The Morgan fingerprint density at radius 3 is 3.10 bits per heavy atom. The summed E-state index contributed by atoms with van der Waals surface area (Å²) in [5.41, 5.74) is 0. The Morgan fingerprint density at radius 2 is 2.43 bits per heavy atom. The Labute approximate surface area is 131 Å². The summed E-state index contributed by atoms with van der Waals surface area (Å²) in [7, 11) is 3.74. The summed E-state index contributed by atoms with van der Waals surface area (Å²) in [4.78, 5) is 18.3. The highest BCUT2D eigenvalue weighted by Crippen LogP contribution is 2.35. The normalized spacial score (nSPS) is 20.2. The molecule has 0 aliphatic carbocycles. The summed E-state index contributed by atoms with van der Waals surface area (Å²) in [6.45, 7) is 4.53. The van der Waals surface area contributed by atoms with E-state index in [0.29, 0.717) is 0 Å². The van der Waals surface area contributed by atoms with Crippen LogP contribution < -0.4 is 0 Å². The second-order valence-corrected chi connectivity index (χ2v) is 6.69. The SMILES string of the molecule is COCCCN(C)C(C)C(=O)N1CCCC1c1cccs1. The first-order valence-electron chi connectivity index (χ1n) is 7.68. The number of methoxy groups -OCH3 is 1. The van der Waals surface area contributed by atoms with Crippen molar-refractivity contribution in [2.24, 2.45) is 0 Å². The van der Waals surface area contributed by atoms with Gasteiger partial charge >= 0.3 is 0 Å². The maximum atomic E-state index is 12.8. The molecule has 2 heterocycles. The van der Waals surface area contributed by atoms with Gasteiger partial charge in [-0.1, -0.05) is 6.07 Å². The van der Waals surface area contributed by atoms with Gasteiger partial charge in [-0.05, 0) is 44.7 Å². The van der Waals surface area contributed by atoms with Crippen LogP contribution in [0.4, 0.5) is 0 Å². The lowest BCUT2D eigenvalue weighted by molar-refractivity contribution is -0.136. The molecule has 118 valence electrons. The molecule has 1 aliphatic heterocycles. The van der Waals surface area contributed by atoms with Gasteiger partial charge in [0.25, 0.3) is 0 Å². The summed E-state index contributed by atoms with van der Waals surface area (Å²) < 4.78 is 5.08. The van der Waals surface area contributed by atoms with Gasteiger partial charge in [0.2, 0.25) is 5.91 Å². The highest BCUT2D eigenvalue weighted by atomic mass is 32.1. The number of hydrogen-bond donors (Lipinski definition) is 0. The fraction of sp³-hybridized carbons (Fsp3) is 0.688. The molecular weight excluding hydrogens is 284 g/mol. The molecule has 2 unspecified atom stereocenters. The number of rotatable bonds is 7. The topological polar surface area (TPSA) is 32.8 Å². The second kappa shape index (κ2) is 7.92. The number of nitrogens with zero attached hydrogens (tertiary/aromatic N) is 2. The standard InChI is InChI=1S/C16H26N2O2S/c1-13(17(2)9-6-11-20-3)16(19)18-10-4-7-14(18)15-8-5-12-21-15/h5,8,12-14H,4,6-7,9-11H2,1-3H3. The van der Waals surface area contributed by atoms with Crippen molar-refractivity contribution in [3.05, 3.63) is 22.4 Å². The number of amides is 1. The van der Waals surface area contributed by atoms with E-state index in [4.69, 9.17) is 4.74 Å². The average molecular weight is 310 g/mol. The minimum Gasteiger partial charge on any atom is -0.385 e. The molecule has 2 atom stereocenters. The molecule has 1 aromatic rings. The fourth-order valence-corrected chi connectivity index (χ4v) is 3.76. The maximum Gasteiger partial charge on any atom is 0.240 e. The Morgan fingerprint density at radius 1 is 1.62 bits per heavy atom. The van der Waals surface area contributed by atoms with E-state index in [1.54, 1.807) is 18.4 Å². The zero-order valence-electron chi connectivity index (χ0n) is 13.2. The average Bonchev–Trinajstić information content (AvgIpc) is 3.15. The molecule has 5 heteroatoms. The highest BCUT2D eigenvalue weighted by molar-refractivity contribution is 7.10. The van der Waals surface area contributed by atoms with Gasteiger partial charge in [-0.15, -0.1) is 11.3 Å². The molecule has 0 radical (unpaired) electrons. The van der Waals surface area contributed by atoms with Crippen molar-refractivity contribution >= 4 is 17.2 Å². The molecule has 21 heavy (non-hydrogen) atoms. The number of likely N-dealkylation sites (N-methyl/N-ethyl adjacent to an activating group) is 1. The van der Waals surface area contributed by atoms with Crippen molar-refractivity contribution in [2.45, 2.75) is 38.3 Å². The predicted octanol–water partition coefficient (Wildman–Crippen LogP) is 2.77. The molecule has 1 aliphatic rings. The number of ether oxygens (including phenoxy) is 1. The second-order valence-electron chi connectivity index (χ2n) is 5.71. The van der Waals surface area contributed by atoms with Crippen molar-refractivity contribution in [3.8, 4) is 0 Å². The first kappa shape index (κ1) is 16.5. The lowest BCUT2D eigenvalue weighted by Gasteiger charge is -2.31. The van der Waals surface area contributed by atoms with E-state index >= 15 is 0 Å². The summed E-state index contributed by atoms with van der Waals surface area (Å²) >= 11 is 1.75. The third-order valence-corrected chi connectivity index (χ3v) is 5.26.